The van der Waals surface area contributed by atoms with Crippen molar-refractivity contribution in [2.24, 2.45) is 0 Å². The van der Waals surface area contributed by atoms with Crippen molar-refractivity contribution in [1.29, 1.82) is 0 Å². The summed E-state index contributed by atoms with van der Waals surface area (Å²) in [5, 5.41) is 12.9. The van der Waals surface area contributed by atoms with Crippen molar-refractivity contribution < 1.29 is 17.6 Å². The van der Waals surface area contributed by atoms with Crippen LogP contribution in [0.1, 0.15) is 48.8 Å². The smallest absolute Gasteiger partial charge is 0.352 e. The molecule has 0 saturated heterocycles. The van der Waals surface area contributed by atoms with Gasteiger partial charge in [-0.15, -0.1) is 0 Å². The summed E-state index contributed by atoms with van der Waals surface area (Å²) in [4.78, 5) is 2.14. The summed E-state index contributed by atoms with van der Waals surface area (Å²) in [5.41, 5.74) is 2.72. The van der Waals surface area contributed by atoms with E-state index in [0.717, 1.165) is 53.0 Å². The highest BCUT2D eigenvalue weighted by atomic mass is 19.4. The molecule has 4 heterocycles. The Labute approximate surface area is 205 Å². The first-order chi connectivity index (χ1) is 17.0. The summed E-state index contributed by atoms with van der Waals surface area (Å²) in [6.07, 6.45) is -1.85. The quantitative estimate of drug-likeness (QED) is 0.329. The molecular weight excluding hydrogens is 474 g/mol. The third-order valence-corrected chi connectivity index (χ3v) is 6.38. The summed E-state index contributed by atoms with van der Waals surface area (Å²) >= 11 is 0. The largest absolute Gasteiger partial charge is 0.435 e. The molecule has 11 heteroatoms. The Balaban J connectivity index is 1.42. The number of halogens is 4. The highest BCUT2D eigenvalue weighted by Crippen LogP contribution is 2.32. The van der Waals surface area contributed by atoms with Gasteiger partial charge >= 0.3 is 6.18 Å². The van der Waals surface area contributed by atoms with E-state index in [1.54, 1.807) is 6.07 Å². The van der Waals surface area contributed by atoms with Crippen LogP contribution in [0.4, 0.5) is 23.4 Å². The van der Waals surface area contributed by atoms with Crippen molar-refractivity contribution in [2.45, 2.75) is 59.4 Å². The van der Waals surface area contributed by atoms with Crippen molar-refractivity contribution in [3.05, 3.63) is 64.9 Å². The van der Waals surface area contributed by atoms with Gasteiger partial charge in [0.05, 0.1) is 11.9 Å². The Kier molecular flexibility index (Phi) is 5.88. The molecule has 0 amide bonds. The first kappa shape index (κ1) is 24.1. The fraction of sp³-hybridized carbons (Fsp3) is 0.400. The van der Waals surface area contributed by atoms with E-state index in [0.29, 0.717) is 12.1 Å². The van der Waals surface area contributed by atoms with Crippen LogP contribution in [-0.4, -0.2) is 35.9 Å². The van der Waals surface area contributed by atoms with E-state index >= 15 is 4.39 Å². The van der Waals surface area contributed by atoms with Gasteiger partial charge in [-0.25, -0.2) is 13.8 Å². The first-order valence-corrected chi connectivity index (χ1v) is 11.8. The molecular formula is C25H27F4N7. The van der Waals surface area contributed by atoms with Crippen LogP contribution >= 0.6 is 0 Å². The second-order valence-corrected chi connectivity index (χ2v) is 9.47. The molecule has 1 aliphatic rings. The minimum Gasteiger partial charge on any atom is -0.352 e. The highest BCUT2D eigenvalue weighted by molar-refractivity contribution is 5.64. The van der Waals surface area contributed by atoms with E-state index in [1.807, 2.05) is 28.6 Å². The minimum absolute atomic E-state index is 0.0184. The van der Waals surface area contributed by atoms with Gasteiger partial charge in [0.1, 0.15) is 23.0 Å². The lowest BCUT2D eigenvalue weighted by molar-refractivity contribution is -0.141. The zero-order chi connectivity index (χ0) is 25.8. The van der Waals surface area contributed by atoms with Gasteiger partial charge in [0.25, 0.3) is 0 Å². The molecule has 1 aromatic carbocycles. The molecule has 1 aliphatic heterocycles. The highest BCUT2D eigenvalue weighted by Gasteiger charge is 2.35. The topological polar surface area (TPSA) is 56.7 Å². The maximum atomic E-state index is 15.0. The summed E-state index contributed by atoms with van der Waals surface area (Å²) < 4.78 is 59.0. The van der Waals surface area contributed by atoms with Gasteiger partial charge in [-0.1, -0.05) is 6.07 Å². The number of alkyl halides is 3. The van der Waals surface area contributed by atoms with E-state index in [2.05, 4.69) is 28.9 Å². The number of aromatic nitrogens is 6. The fourth-order valence-electron chi connectivity index (χ4n) is 4.68. The maximum Gasteiger partial charge on any atom is 0.435 e. The van der Waals surface area contributed by atoms with Gasteiger partial charge in [-0.05, 0) is 63.4 Å². The zero-order valence-corrected chi connectivity index (χ0v) is 20.5. The summed E-state index contributed by atoms with van der Waals surface area (Å²) in [6, 6.07) is 7.70. The molecule has 36 heavy (non-hydrogen) atoms. The van der Waals surface area contributed by atoms with Crippen LogP contribution in [0.25, 0.3) is 17.1 Å². The molecule has 0 fully saturated rings. The Morgan fingerprint density at radius 3 is 2.47 bits per heavy atom. The van der Waals surface area contributed by atoms with Crippen LogP contribution in [0.3, 0.4) is 0 Å². The number of anilines is 1. The first-order valence-electron chi connectivity index (χ1n) is 11.8. The zero-order valence-electron chi connectivity index (χ0n) is 20.5. The van der Waals surface area contributed by atoms with Crippen molar-refractivity contribution in [3.8, 4) is 17.1 Å². The van der Waals surface area contributed by atoms with Crippen molar-refractivity contribution in [1.82, 2.24) is 29.3 Å². The number of rotatable bonds is 5. The lowest BCUT2D eigenvalue weighted by Crippen LogP contribution is -2.31. The predicted octanol–water partition coefficient (Wildman–Crippen LogP) is 5.70. The normalized spacial score (nSPS) is 14.1. The molecule has 7 nitrogen and oxygen atoms in total. The molecule has 0 radical (unpaired) electrons. The molecule has 0 atom stereocenters. The molecule has 5 rings (SSSR count). The van der Waals surface area contributed by atoms with Gasteiger partial charge in [-0.2, -0.15) is 28.5 Å². The molecule has 190 valence electrons. The Hall–Kier alpha value is -3.63. The number of aryl methyl sites for hydroxylation is 3. The van der Waals surface area contributed by atoms with E-state index < -0.39 is 17.7 Å². The number of nitrogens with zero attached hydrogens (tertiary/aromatic N) is 7. The Morgan fingerprint density at radius 2 is 1.81 bits per heavy atom. The molecule has 4 aromatic rings. The van der Waals surface area contributed by atoms with Crippen LogP contribution in [0.5, 0.6) is 0 Å². The lowest BCUT2D eigenvalue weighted by atomic mass is 10.1. The Bertz CT molecular complexity index is 1410. The number of hydrogen-bond donors (Lipinski definition) is 0. The van der Waals surface area contributed by atoms with Gasteiger partial charge in [0.2, 0.25) is 0 Å². The Morgan fingerprint density at radius 1 is 1.03 bits per heavy atom. The van der Waals surface area contributed by atoms with Crippen molar-refractivity contribution in [3.63, 3.8) is 0 Å². The maximum absolute atomic E-state index is 15.0. The average molecular weight is 502 g/mol. The molecule has 0 aliphatic carbocycles. The third-order valence-electron chi connectivity index (χ3n) is 6.38. The number of fused-ring (bicyclic) bond motifs is 1. The number of benzene rings is 1. The monoisotopic (exact) mass is 501 g/mol. The summed E-state index contributed by atoms with van der Waals surface area (Å²) in [5.74, 6) is 0.310. The molecule has 0 bridgehead atoms. The lowest BCUT2D eigenvalue weighted by Gasteiger charge is -2.29. The van der Waals surface area contributed by atoms with Gasteiger partial charge < -0.3 is 4.90 Å². The molecule has 3 aromatic heterocycles. The van der Waals surface area contributed by atoms with Crippen molar-refractivity contribution in [2.75, 3.05) is 11.4 Å². The van der Waals surface area contributed by atoms with Crippen LogP contribution < -0.4 is 4.90 Å². The molecule has 0 spiro atoms. The summed E-state index contributed by atoms with van der Waals surface area (Å²) in [7, 11) is 0. The van der Waals surface area contributed by atoms with Crippen LogP contribution in [-0.2, 0) is 19.3 Å². The van der Waals surface area contributed by atoms with Crippen molar-refractivity contribution >= 4 is 5.82 Å². The minimum atomic E-state index is -4.59. The van der Waals surface area contributed by atoms with E-state index in [4.69, 9.17) is 5.10 Å². The van der Waals surface area contributed by atoms with Crippen LogP contribution in [0, 0.1) is 19.7 Å². The molecule has 0 N–H and O–H groups in total. The fourth-order valence-corrected chi connectivity index (χ4v) is 4.68. The SMILES string of the molecule is Cc1cnn(C(C)C)c1-c1cc2n(n1)CCCN2Cc1ccc(-n2nc(C(F)(F)F)cc2C)c(F)c1. The van der Waals surface area contributed by atoms with Gasteiger partial charge in [-0.3, -0.25) is 4.68 Å². The second-order valence-electron chi connectivity index (χ2n) is 9.47. The number of hydrogen-bond acceptors (Lipinski definition) is 4. The van der Waals surface area contributed by atoms with Crippen LogP contribution in [0.2, 0.25) is 0 Å². The van der Waals surface area contributed by atoms with Gasteiger partial charge in [0, 0.05) is 37.4 Å². The van der Waals surface area contributed by atoms with Gasteiger partial charge in [0.15, 0.2) is 5.69 Å². The average Bonchev–Trinajstić information content (AvgIpc) is 3.50. The molecule has 0 saturated carbocycles. The third kappa shape index (κ3) is 4.27. The van der Waals surface area contributed by atoms with E-state index in [9.17, 15) is 13.2 Å². The molecule has 0 unspecified atom stereocenters. The van der Waals surface area contributed by atoms with E-state index in [1.165, 1.54) is 19.1 Å². The van der Waals surface area contributed by atoms with Crippen LogP contribution in [0.15, 0.2) is 36.5 Å². The standard InChI is InChI=1S/C25H27F4N7/c1-15(2)35-24(16(3)13-30-35)20-12-23-33(8-5-9-34(23)31-20)14-18-6-7-21(19(26)11-18)36-17(4)10-22(32-36)25(27,28)29/h6-7,10-13,15H,5,8-9,14H2,1-4H3. The summed E-state index contributed by atoms with van der Waals surface area (Å²) in [6.45, 7) is 9.64. The predicted molar refractivity (Wildman–Crippen MR) is 127 cm³/mol. The second kappa shape index (κ2) is 8.79. The van der Waals surface area contributed by atoms with E-state index in [-0.39, 0.29) is 17.4 Å².